The van der Waals surface area contributed by atoms with E-state index in [9.17, 15) is 4.79 Å². The number of rotatable bonds is 2. The van der Waals surface area contributed by atoms with Crippen molar-refractivity contribution < 1.29 is 9.53 Å². The number of carbonyl (C=O) groups is 1. The number of anilines is 1. The standard InChI is InChI=1S/C16H14N4O2/c1-22-14-7-6-11(10-4-2-3-5-12(10)14)13-8-15(21)19-16-17-9-18-20(13)16/h2-7,9,13H,8H2,1H3,(H,17,18,19,21)/t13-/m1/s1. The van der Waals surface area contributed by atoms with E-state index in [0.717, 1.165) is 22.1 Å². The number of ether oxygens (including phenoxy) is 1. The van der Waals surface area contributed by atoms with E-state index < -0.39 is 0 Å². The third kappa shape index (κ3) is 1.84. The van der Waals surface area contributed by atoms with Crippen LogP contribution in [-0.4, -0.2) is 27.8 Å². The molecule has 1 aromatic heterocycles. The van der Waals surface area contributed by atoms with Crippen LogP contribution in [-0.2, 0) is 4.79 Å². The Bertz CT molecular complexity index is 871. The first-order valence-electron chi connectivity index (χ1n) is 7.03. The van der Waals surface area contributed by atoms with Crippen molar-refractivity contribution in [3.63, 3.8) is 0 Å². The van der Waals surface area contributed by atoms with Crippen LogP contribution in [0.1, 0.15) is 18.0 Å². The highest BCUT2D eigenvalue weighted by molar-refractivity contribution is 5.94. The number of nitrogens with one attached hydrogen (secondary N) is 1. The molecule has 2 heterocycles. The molecule has 1 aliphatic rings. The Balaban J connectivity index is 1.95. The maximum absolute atomic E-state index is 11.9. The minimum absolute atomic E-state index is 0.0506. The molecule has 0 saturated carbocycles. The Labute approximate surface area is 126 Å². The molecular formula is C16H14N4O2. The molecule has 1 aliphatic heterocycles. The van der Waals surface area contributed by atoms with E-state index in [4.69, 9.17) is 4.74 Å². The quantitative estimate of drug-likeness (QED) is 0.788. The minimum Gasteiger partial charge on any atom is -0.496 e. The van der Waals surface area contributed by atoms with E-state index in [1.807, 2.05) is 36.4 Å². The number of nitrogens with zero attached hydrogens (tertiary/aromatic N) is 3. The van der Waals surface area contributed by atoms with Gasteiger partial charge in [0.1, 0.15) is 12.1 Å². The lowest BCUT2D eigenvalue weighted by molar-refractivity contribution is -0.117. The lowest BCUT2D eigenvalue weighted by Crippen LogP contribution is -2.29. The lowest BCUT2D eigenvalue weighted by Gasteiger charge is -2.25. The molecule has 1 amide bonds. The smallest absolute Gasteiger partial charge is 0.229 e. The van der Waals surface area contributed by atoms with Gasteiger partial charge in [-0.25, -0.2) is 4.68 Å². The molecule has 6 nitrogen and oxygen atoms in total. The van der Waals surface area contributed by atoms with Crippen LogP contribution in [0.15, 0.2) is 42.7 Å². The first-order chi connectivity index (χ1) is 10.8. The zero-order valence-corrected chi connectivity index (χ0v) is 12.0. The van der Waals surface area contributed by atoms with E-state index in [0.29, 0.717) is 12.4 Å². The highest BCUT2D eigenvalue weighted by Crippen LogP contribution is 2.36. The molecule has 1 atom stereocenters. The molecule has 22 heavy (non-hydrogen) atoms. The Morgan fingerprint density at radius 1 is 1.23 bits per heavy atom. The summed E-state index contributed by atoms with van der Waals surface area (Å²) in [4.78, 5) is 16.0. The maximum atomic E-state index is 11.9. The van der Waals surface area contributed by atoms with Crippen molar-refractivity contribution in [2.75, 3.05) is 12.4 Å². The Morgan fingerprint density at radius 3 is 2.86 bits per heavy atom. The lowest BCUT2D eigenvalue weighted by atomic mass is 9.95. The third-order valence-corrected chi connectivity index (χ3v) is 3.99. The van der Waals surface area contributed by atoms with Gasteiger partial charge >= 0.3 is 0 Å². The van der Waals surface area contributed by atoms with Crippen LogP contribution >= 0.6 is 0 Å². The van der Waals surface area contributed by atoms with Gasteiger partial charge < -0.3 is 4.74 Å². The largest absolute Gasteiger partial charge is 0.496 e. The predicted molar refractivity (Wildman–Crippen MR) is 81.9 cm³/mol. The minimum atomic E-state index is -0.165. The van der Waals surface area contributed by atoms with Crippen molar-refractivity contribution in [3.8, 4) is 5.75 Å². The van der Waals surface area contributed by atoms with Gasteiger partial charge in [0.25, 0.3) is 0 Å². The molecule has 0 spiro atoms. The van der Waals surface area contributed by atoms with Gasteiger partial charge in [0, 0.05) is 5.39 Å². The summed E-state index contributed by atoms with van der Waals surface area (Å²) >= 11 is 0. The normalized spacial score (nSPS) is 17.1. The molecule has 1 N–H and O–H groups in total. The van der Waals surface area contributed by atoms with Gasteiger partial charge in [-0.05, 0) is 17.0 Å². The number of carbonyl (C=O) groups excluding carboxylic acids is 1. The van der Waals surface area contributed by atoms with Crippen LogP contribution in [0, 0.1) is 0 Å². The topological polar surface area (TPSA) is 69.0 Å². The van der Waals surface area contributed by atoms with Gasteiger partial charge in [-0.1, -0.05) is 30.3 Å². The molecule has 4 rings (SSSR count). The summed E-state index contributed by atoms with van der Waals surface area (Å²) in [6.07, 6.45) is 1.80. The summed E-state index contributed by atoms with van der Waals surface area (Å²) in [7, 11) is 1.66. The van der Waals surface area contributed by atoms with E-state index in [1.165, 1.54) is 6.33 Å². The molecule has 0 radical (unpaired) electrons. The molecule has 0 fully saturated rings. The number of fused-ring (bicyclic) bond motifs is 2. The third-order valence-electron chi connectivity index (χ3n) is 3.99. The monoisotopic (exact) mass is 294 g/mol. The average Bonchev–Trinajstić information content (AvgIpc) is 3.01. The Morgan fingerprint density at radius 2 is 2.05 bits per heavy atom. The van der Waals surface area contributed by atoms with Gasteiger partial charge in [0.15, 0.2) is 0 Å². The van der Waals surface area contributed by atoms with Crippen molar-refractivity contribution in [2.45, 2.75) is 12.5 Å². The van der Waals surface area contributed by atoms with Gasteiger partial charge in [0.05, 0.1) is 19.6 Å². The van der Waals surface area contributed by atoms with Gasteiger partial charge in [-0.3, -0.25) is 10.1 Å². The summed E-state index contributed by atoms with van der Waals surface area (Å²) in [6.45, 7) is 0. The number of hydrogen-bond donors (Lipinski definition) is 1. The second-order valence-electron chi connectivity index (χ2n) is 5.20. The first kappa shape index (κ1) is 12.8. The van der Waals surface area contributed by atoms with Crippen LogP contribution in [0.3, 0.4) is 0 Å². The van der Waals surface area contributed by atoms with Crippen molar-refractivity contribution in [3.05, 3.63) is 48.3 Å². The van der Waals surface area contributed by atoms with Crippen LogP contribution < -0.4 is 10.1 Å². The number of methoxy groups -OCH3 is 1. The van der Waals surface area contributed by atoms with Gasteiger partial charge in [-0.15, -0.1) is 0 Å². The summed E-state index contributed by atoms with van der Waals surface area (Å²) < 4.78 is 7.19. The van der Waals surface area contributed by atoms with E-state index in [1.54, 1.807) is 11.8 Å². The molecule has 6 heteroatoms. The van der Waals surface area contributed by atoms with Crippen molar-refractivity contribution in [1.82, 2.24) is 14.8 Å². The van der Waals surface area contributed by atoms with Crippen molar-refractivity contribution >= 4 is 22.6 Å². The molecular weight excluding hydrogens is 280 g/mol. The molecule has 0 unspecified atom stereocenters. The molecule has 0 aliphatic carbocycles. The fourth-order valence-corrected chi connectivity index (χ4v) is 3.01. The highest BCUT2D eigenvalue weighted by atomic mass is 16.5. The summed E-state index contributed by atoms with van der Waals surface area (Å²) in [6, 6.07) is 11.8. The molecule has 3 aromatic rings. The number of amides is 1. The summed E-state index contributed by atoms with van der Waals surface area (Å²) in [5.41, 5.74) is 1.04. The van der Waals surface area contributed by atoms with E-state index in [-0.39, 0.29) is 11.9 Å². The molecule has 0 saturated heterocycles. The van der Waals surface area contributed by atoms with Crippen LogP contribution in [0.2, 0.25) is 0 Å². The number of benzene rings is 2. The molecule has 0 bridgehead atoms. The Kier molecular flexibility index (Phi) is 2.82. The fourth-order valence-electron chi connectivity index (χ4n) is 3.01. The van der Waals surface area contributed by atoms with Crippen molar-refractivity contribution in [1.29, 1.82) is 0 Å². The van der Waals surface area contributed by atoms with Gasteiger partial charge in [-0.2, -0.15) is 10.1 Å². The van der Waals surface area contributed by atoms with Crippen molar-refractivity contribution in [2.24, 2.45) is 0 Å². The van der Waals surface area contributed by atoms with E-state index in [2.05, 4.69) is 15.4 Å². The zero-order valence-electron chi connectivity index (χ0n) is 12.0. The predicted octanol–water partition coefficient (Wildman–Crippen LogP) is 2.37. The number of aromatic nitrogens is 3. The molecule has 2 aromatic carbocycles. The Hall–Kier alpha value is -2.89. The summed E-state index contributed by atoms with van der Waals surface area (Å²) in [5.74, 6) is 1.25. The zero-order chi connectivity index (χ0) is 15.1. The fraction of sp³-hybridized carbons (Fsp3) is 0.188. The highest BCUT2D eigenvalue weighted by Gasteiger charge is 2.29. The maximum Gasteiger partial charge on any atom is 0.229 e. The second kappa shape index (κ2) is 4.84. The SMILES string of the molecule is COc1ccc([C@H]2CC(=O)Nc3ncnn32)c2ccccc12. The van der Waals surface area contributed by atoms with Gasteiger partial charge in [0.2, 0.25) is 11.9 Å². The average molecular weight is 294 g/mol. The second-order valence-corrected chi connectivity index (χ2v) is 5.20. The molecule has 110 valence electrons. The number of hydrogen-bond acceptors (Lipinski definition) is 4. The van der Waals surface area contributed by atoms with E-state index >= 15 is 0 Å². The summed E-state index contributed by atoms with van der Waals surface area (Å²) in [5, 5.41) is 9.08. The van der Waals surface area contributed by atoms with Crippen LogP contribution in [0.5, 0.6) is 5.75 Å². The first-order valence-corrected chi connectivity index (χ1v) is 7.03. The van der Waals surface area contributed by atoms with Crippen LogP contribution in [0.25, 0.3) is 10.8 Å². The van der Waals surface area contributed by atoms with Crippen LogP contribution in [0.4, 0.5) is 5.95 Å².